The molecule has 4 heterocycles. The summed E-state index contributed by atoms with van der Waals surface area (Å²) >= 11 is 0. The number of aryl methyl sites for hydroxylation is 1. The summed E-state index contributed by atoms with van der Waals surface area (Å²) in [7, 11) is 2.08. The van der Waals surface area contributed by atoms with Crippen LogP contribution in [0.3, 0.4) is 0 Å². The Morgan fingerprint density at radius 2 is 2.03 bits per heavy atom. The molecule has 1 unspecified atom stereocenters. The smallest absolute Gasteiger partial charge is 0.253 e. The first-order chi connectivity index (χ1) is 15.6. The quantitative estimate of drug-likeness (QED) is 0.621. The van der Waals surface area contributed by atoms with E-state index < -0.39 is 0 Å². The minimum absolute atomic E-state index is 0.164. The minimum atomic E-state index is 0.164. The average molecular weight is 430 g/mol. The summed E-state index contributed by atoms with van der Waals surface area (Å²) in [6.45, 7) is 4.88. The number of likely N-dealkylation sites (N-methyl/N-ethyl adjacent to an activating group) is 1. The zero-order valence-corrected chi connectivity index (χ0v) is 19.0. The number of benzene rings is 1. The zero-order chi connectivity index (χ0) is 21.8. The van der Waals surface area contributed by atoms with E-state index in [1.807, 2.05) is 24.4 Å². The van der Waals surface area contributed by atoms with E-state index in [0.29, 0.717) is 5.92 Å². The van der Waals surface area contributed by atoms with Gasteiger partial charge < -0.3 is 14.4 Å². The Hall–Kier alpha value is -2.89. The third kappa shape index (κ3) is 3.03. The first kappa shape index (κ1) is 19.8. The van der Waals surface area contributed by atoms with Crippen LogP contribution in [0.4, 0.5) is 5.82 Å². The Kier molecular flexibility index (Phi) is 4.70. The Balaban J connectivity index is 1.30. The predicted octanol–water partition coefficient (Wildman–Crippen LogP) is 4.35. The molecular weight excluding hydrogens is 398 g/mol. The number of pyridine rings is 1. The van der Waals surface area contributed by atoms with E-state index in [-0.39, 0.29) is 11.9 Å². The molecule has 1 saturated heterocycles. The van der Waals surface area contributed by atoms with Crippen molar-refractivity contribution in [3.63, 3.8) is 0 Å². The normalized spacial score (nSPS) is 24.8. The van der Waals surface area contributed by atoms with Gasteiger partial charge in [-0.05, 0) is 61.4 Å². The molecule has 6 rings (SSSR count). The molecule has 1 amide bonds. The molecule has 1 aromatic carbocycles. The maximum Gasteiger partial charge on any atom is 0.253 e. The zero-order valence-electron chi connectivity index (χ0n) is 19.0. The Morgan fingerprint density at radius 3 is 2.91 bits per heavy atom. The monoisotopic (exact) mass is 429 g/mol. The van der Waals surface area contributed by atoms with Crippen LogP contribution in [-0.2, 0) is 13.5 Å². The molecule has 1 saturated carbocycles. The fraction of sp³-hybridized carbons (Fsp3) is 0.500. The second-order valence-electron chi connectivity index (χ2n) is 9.72. The van der Waals surface area contributed by atoms with E-state index in [2.05, 4.69) is 45.5 Å². The van der Waals surface area contributed by atoms with Crippen LogP contribution < -0.4 is 4.90 Å². The predicted molar refractivity (Wildman–Crippen MR) is 126 cm³/mol. The van der Waals surface area contributed by atoms with Crippen LogP contribution in [0.2, 0.25) is 0 Å². The van der Waals surface area contributed by atoms with Crippen molar-refractivity contribution in [3.8, 4) is 0 Å². The molecule has 166 valence electrons. The number of amides is 1. The SMILES string of the molecule is CCN1c2ncccc2CC1c1nc2cc(C(=O)N3CC[C@H]4CCC[C@H]4C3)ccc2n1C. The van der Waals surface area contributed by atoms with Crippen molar-refractivity contribution in [3.05, 3.63) is 53.5 Å². The number of hydrogen-bond acceptors (Lipinski definition) is 4. The van der Waals surface area contributed by atoms with Gasteiger partial charge in [0.25, 0.3) is 5.91 Å². The Morgan fingerprint density at radius 1 is 1.16 bits per heavy atom. The van der Waals surface area contributed by atoms with Gasteiger partial charge in [0.1, 0.15) is 11.6 Å². The number of anilines is 1. The van der Waals surface area contributed by atoms with Gasteiger partial charge in [-0.25, -0.2) is 9.97 Å². The highest BCUT2D eigenvalue weighted by molar-refractivity contribution is 5.97. The highest BCUT2D eigenvalue weighted by Crippen LogP contribution is 2.40. The van der Waals surface area contributed by atoms with E-state index in [1.165, 1.54) is 24.8 Å². The van der Waals surface area contributed by atoms with Gasteiger partial charge in [-0.2, -0.15) is 0 Å². The van der Waals surface area contributed by atoms with Crippen LogP contribution in [0.5, 0.6) is 0 Å². The van der Waals surface area contributed by atoms with E-state index in [9.17, 15) is 4.79 Å². The van der Waals surface area contributed by atoms with E-state index in [0.717, 1.165) is 66.6 Å². The molecule has 6 nitrogen and oxygen atoms in total. The van der Waals surface area contributed by atoms with E-state index >= 15 is 0 Å². The number of imidazole rings is 1. The lowest BCUT2D eigenvalue weighted by atomic mass is 9.88. The summed E-state index contributed by atoms with van der Waals surface area (Å²) < 4.78 is 2.19. The van der Waals surface area contributed by atoms with Crippen molar-refractivity contribution in [2.24, 2.45) is 18.9 Å². The standard InChI is InChI=1S/C26H31N5O/c1-3-31-23(15-18-8-5-12-27-24(18)31)25-28-21-14-19(9-10-22(21)29(25)2)26(32)30-13-11-17-6-4-7-20(17)16-30/h5,8-10,12,14,17,20,23H,3-4,6-7,11,13,15-16H2,1-2H3/t17-,20+,23?/m1/s1. The van der Waals surface area contributed by atoms with Crippen LogP contribution in [0, 0.1) is 11.8 Å². The molecule has 0 spiro atoms. The number of hydrogen-bond donors (Lipinski definition) is 0. The number of rotatable bonds is 3. The average Bonchev–Trinajstić information content (AvgIpc) is 3.52. The van der Waals surface area contributed by atoms with Gasteiger partial charge >= 0.3 is 0 Å². The molecule has 0 radical (unpaired) electrons. The molecule has 32 heavy (non-hydrogen) atoms. The first-order valence-electron chi connectivity index (χ1n) is 12.1. The van der Waals surface area contributed by atoms with Gasteiger partial charge in [0, 0.05) is 44.9 Å². The van der Waals surface area contributed by atoms with Crippen molar-refractivity contribution in [2.45, 2.75) is 45.1 Å². The van der Waals surface area contributed by atoms with Gasteiger partial charge in [0.05, 0.1) is 17.1 Å². The van der Waals surface area contributed by atoms with Gasteiger partial charge in [-0.15, -0.1) is 0 Å². The van der Waals surface area contributed by atoms with Gasteiger partial charge in [0.2, 0.25) is 0 Å². The number of likely N-dealkylation sites (tertiary alicyclic amines) is 1. The van der Waals surface area contributed by atoms with Crippen LogP contribution in [0.1, 0.15) is 60.4 Å². The van der Waals surface area contributed by atoms with Crippen LogP contribution in [-0.4, -0.2) is 45.0 Å². The maximum atomic E-state index is 13.3. The minimum Gasteiger partial charge on any atom is -0.346 e. The van der Waals surface area contributed by atoms with Gasteiger partial charge in [-0.1, -0.05) is 18.9 Å². The largest absolute Gasteiger partial charge is 0.346 e. The van der Waals surface area contributed by atoms with Crippen molar-refractivity contribution in [1.29, 1.82) is 0 Å². The fourth-order valence-electron chi connectivity index (χ4n) is 6.36. The van der Waals surface area contributed by atoms with Crippen LogP contribution in [0.15, 0.2) is 36.5 Å². The number of aromatic nitrogens is 3. The summed E-state index contributed by atoms with van der Waals surface area (Å²) in [6, 6.07) is 10.4. The lowest BCUT2D eigenvalue weighted by Gasteiger charge is -2.35. The molecule has 2 fully saturated rings. The third-order valence-electron chi connectivity index (χ3n) is 8.06. The van der Waals surface area contributed by atoms with Crippen molar-refractivity contribution in [1.82, 2.24) is 19.4 Å². The summed E-state index contributed by atoms with van der Waals surface area (Å²) in [6.07, 6.45) is 7.90. The van der Waals surface area contributed by atoms with Crippen molar-refractivity contribution in [2.75, 3.05) is 24.5 Å². The molecule has 1 aliphatic carbocycles. The lowest BCUT2D eigenvalue weighted by molar-refractivity contribution is 0.0627. The summed E-state index contributed by atoms with van der Waals surface area (Å²) in [5.41, 5.74) is 4.02. The first-order valence-corrected chi connectivity index (χ1v) is 12.1. The van der Waals surface area contributed by atoms with Crippen LogP contribution >= 0.6 is 0 Å². The summed E-state index contributed by atoms with van der Waals surface area (Å²) in [5.74, 6) is 3.81. The molecular formula is C26H31N5O. The molecule has 0 N–H and O–H groups in total. The number of piperidine rings is 1. The number of nitrogens with zero attached hydrogens (tertiary/aromatic N) is 5. The molecule has 2 aliphatic heterocycles. The topological polar surface area (TPSA) is 54.3 Å². The highest BCUT2D eigenvalue weighted by atomic mass is 16.2. The Bertz CT molecular complexity index is 1180. The number of carbonyl (C=O) groups is 1. The van der Waals surface area contributed by atoms with Crippen molar-refractivity contribution >= 4 is 22.8 Å². The summed E-state index contributed by atoms with van der Waals surface area (Å²) in [4.78, 5) is 27.4. The maximum absolute atomic E-state index is 13.3. The second kappa shape index (κ2) is 7.61. The molecule has 6 heteroatoms. The van der Waals surface area contributed by atoms with E-state index in [4.69, 9.17) is 4.98 Å². The van der Waals surface area contributed by atoms with Crippen molar-refractivity contribution < 1.29 is 4.79 Å². The molecule has 3 atom stereocenters. The lowest BCUT2D eigenvalue weighted by Crippen LogP contribution is -2.42. The van der Waals surface area contributed by atoms with Gasteiger partial charge in [-0.3, -0.25) is 4.79 Å². The number of fused-ring (bicyclic) bond motifs is 3. The van der Waals surface area contributed by atoms with Gasteiger partial charge in [0.15, 0.2) is 0 Å². The highest BCUT2D eigenvalue weighted by Gasteiger charge is 2.36. The van der Waals surface area contributed by atoms with E-state index in [1.54, 1.807) is 0 Å². The number of carbonyl (C=O) groups excluding carboxylic acids is 1. The van der Waals surface area contributed by atoms with Crippen LogP contribution in [0.25, 0.3) is 11.0 Å². The third-order valence-corrected chi connectivity index (χ3v) is 8.06. The molecule has 3 aliphatic rings. The Labute approximate surface area is 189 Å². The molecule has 0 bridgehead atoms. The molecule has 3 aromatic rings. The molecule has 2 aromatic heterocycles. The second-order valence-corrected chi connectivity index (χ2v) is 9.72. The summed E-state index contributed by atoms with van der Waals surface area (Å²) in [5, 5.41) is 0. The fourth-order valence-corrected chi connectivity index (χ4v) is 6.36.